The molecule has 4 amide bonds. The van der Waals surface area contributed by atoms with Gasteiger partial charge in [0.25, 0.3) is 5.91 Å². The number of furan rings is 1. The van der Waals surface area contributed by atoms with Crippen LogP contribution in [-0.4, -0.2) is 60.4 Å². The molecule has 2 aromatic carbocycles. The summed E-state index contributed by atoms with van der Waals surface area (Å²) in [5.41, 5.74) is 4.67. The van der Waals surface area contributed by atoms with Crippen molar-refractivity contribution in [3.8, 4) is 11.1 Å². The van der Waals surface area contributed by atoms with Gasteiger partial charge in [0.15, 0.2) is 5.76 Å². The number of carbonyl (C=O) groups excluding carboxylic acids is 3. The van der Waals surface area contributed by atoms with Crippen molar-refractivity contribution in [2.75, 3.05) is 32.7 Å². The second-order valence-corrected chi connectivity index (χ2v) is 10.3. The summed E-state index contributed by atoms with van der Waals surface area (Å²) in [4.78, 5) is 41.8. The fourth-order valence-electron chi connectivity index (χ4n) is 6.04. The summed E-state index contributed by atoms with van der Waals surface area (Å²) < 4.78 is 5.07. The summed E-state index contributed by atoms with van der Waals surface area (Å²) in [6.45, 7) is 2.63. The summed E-state index contributed by atoms with van der Waals surface area (Å²) in [5, 5.41) is 5.92. The molecule has 6 rings (SSSR count). The molecule has 0 unspecified atom stereocenters. The summed E-state index contributed by atoms with van der Waals surface area (Å²) in [7, 11) is 0. The lowest BCUT2D eigenvalue weighted by Gasteiger charge is -2.39. The Hall–Kier alpha value is -4.07. The topological polar surface area (TPSA) is 94.9 Å². The standard InChI is InChI=1S/C29H30N4O4/c34-25(18-30-27(35)24-10-5-17-37-24)32-14-11-29(12-15-32)13-16-33(19-29)28(36)31-26-22-8-3-1-6-20(22)21-7-2-4-9-23(21)26/h1-10,17,26H,11-16,18-19H2,(H,30,35)(H,31,36). The molecule has 190 valence electrons. The summed E-state index contributed by atoms with van der Waals surface area (Å²) in [5.74, 6) is -0.294. The zero-order valence-electron chi connectivity index (χ0n) is 20.6. The third-order valence-corrected chi connectivity index (χ3v) is 8.15. The molecule has 0 atom stereocenters. The lowest BCUT2D eigenvalue weighted by molar-refractivity contribution is -0.132. The molecule has 3 aromatic rings. The zero-order chi connectivity index (χ0) is 25.4. The van der Waals surface area contributed by atoms with Crippen LogP contribution in [0.3, 0.4) is 0 Å². The number of benzene rings is 2. The van der Waals surface area contributed by atoms with Gasteiger partial charge < -0.3 is 24.9 Å². The largest absolute Gasteiger partial charge is 0.459 e. The molecular formula is C29H30N4O4. The van der Waals surface area contributed by atoms with Crippen LogP contribution in [0, 0.1) is 5.41 Å². The van der Waals surface area contributed by atoms with E-state index in [4.69, 9.17) is 4.42 Å². The molecule has 3 heterocycles. The Morgan fingerprint density at radius 3 is 2.08 bits per heavy atom. The smallest absolute Gasteiger partial charge is 0.318 e. The number of carbonyl (C=O) groups is 3. The van der Waals surface area contributed by atoms with Crippen LogP contribution in [-0.2, 0) is 4.79 Å². The molecule has 3 aliphatic rings. The molecule has 2 fully saturated rings. The highest BCUT2D eigenvalue weighted by Gasteiger charge is 2.43. The van der Waals surface area contributed by atoms with Gasteiger partial charge in [-0.2, -0.15) is 0 Å². The van der Waals surface area contributed by atoms with Gasteiger partial charge in [-0.15, -0.1) is 0 Å². The van der Waals surface area contributed by atoms with Crippen molar-refractivity contribution in [2.24, 2.45) is 5.41 Å². The number of nitrogens with zero attached hydrogens (tertiary/aromatic N) is 2. The van der Waals surface area contributed by atoms with Gasteiger partial charge in [-0.3, -0.25) is 9.59 Å². The van der Waals surface area contributed by atoms with E-state index in [0.29, 0.717) is 19.6 Å². The normalized spacial score (nSPS) is 17.9. The van der Waals surface area contributed by atoms with Gasteiger partial charge in [0.05, 0.1) is 18.8 Å². The van der Waals surface area contributed by atoms with Crippen molar-refractivity contribution in [1.82, 2.24) is 20.4 Å². The van der Waals surface area contributed by atoms with Gasteiger partial charge >= 0.3 is 6.03 Å². The average Bonchev–Trinajstić information content (AvgIpc) is 3.67. The molecular weight excluding hydrogens is 468 g/mol. The summed E-state index contributed by atoms with van der Waals surface area (Å²) >= 11 is 0. The number of hydrogen-bond donors (Lipinski definition) is 2. The minimum Gasteiger partial charge on any atom is -0.459 e. The molecule has 8 heteroatoms. The van der Waals surface area contributed by atoms with Crippen LogP contribution in [0.2, 0.25) is 0 Å². The monoisotopic (exact) mass is 498 g/mol. The van der Waals surface area contributed by atoms with E-state index in [0.717, 1.165) is 36.9 Å². The van der Waals surface area contributed by atoms with Crippen LogP contribution >= 0.6 is 0 Å². The maximum Gasteiger partial charge on any atom is 0.318 e. The van der Waals surface area contributed by atoms with Crippen molar-refractivity contribution >= 4 is 17.8 Å². The SMILES string of the molecule is O=C(NCC(=O)N1CCC2(CC1)CCN(C(=O)NC1c3ccccc3-c3ccccc31)C2)c1ccco1. The van der Waals surface area contributed by atoms with E-state index in [2.05, 4.69) is 34.9 Å². The fourth-order valence-corrected chi connectivity index (χ4v) is 6.04. The first-order chi connectivity index (χ1) is 18.0. The third-order valence-electron chi connectivity index (χ3n) is 8.15. The Kier molecular flexibility index (Phi) is 5.94. The second kappa shape index (κ2) is 9.42. The molecule has 1 spiro atoms. The summed E-state index contributed by atoms with van der Waals surface area (Å²) in [6, 6.07) is 19.5. The Morgan fingerprint density at radius 1 is 0.838 bits per heavy atom. The highest BCUT2D eigenvalue weighted by molar-refractivity contribution is 5.94. The highest BCUT2D eigenvalue weighted by Crippen LogP contribution is 2.44. The van der Waals surface area contributed by atoms with Gasteiger partial charge in [-0.05, 0) is 59.1 Å². The van der Waals surface area contributed by atoms with Gasteiger partial charge in [-0.1, -0.05) is 48.5 Å². The van der Waals surface area contributed by atoms with E-state index < -0.39 is 5.91 Å². The van der Waals surface area contributed by atoms with Crippen LogP contribution in [0.25, 0.3) is 11.1 Å². The van der Waals surface area contributed by atoms with E-state index in [-0.39, 0.29) is 35.7 Å². The van der Waals surface area contributed by atoms with E-state index in [1.165, 1.54) is 17.4 Å². The predicted octanol–water partition coefficient (Wildman–Crippen LogP) is 3.80. The van der Waals surface area contributed by atoms with Crippen molar-refractivity contribution in [2.45, 2.75) is 25.3 Å². The second-order valence-electron chi connectivity index (χ2n) is 10.3. The average molecular weight is 499 g/mol. The van der Waals surface area contributed by atoms with Crippen LogP contribution in [0.5, 0.6) is 0 Å². The van der Waals surface area contributed by atoms with Gasteiger partial charge in [0.1, 0.15) is 0 Å². The molecule has 0 radical (unpaired) electrons. The highest BCUT2D eigenvalue weighted by atomic mass is 16.3. The number of rotatable bonds is 4. The van der Waals surface area contributed by atoms with E-state index in [1.807, 2.05) is 34.1 Å². The number of piperidine rings is 1. The maximum atomic E-state index is 13.4. The lowest BCUT2D eigenvalue weighted by atomic mass is 9.78. The number of hydrogen-bond acceptors (Lipinski definition) is 4. The zero-order valence-corrected chi connectivity index (χ0v) is 20.6. The molecule has 2 aliphatic heterocycles. The molecule has 0 bridgehead atoms. The molecule has 1 aromatic heterocycles. The Balaban J connectivity index is 1.04. The van der Waals surface area contributed by atoms with Crippen LogP contribution in [0.1, 0.15) is 47.0 Å². The van der Waals surface area contributed by atoms with Gasteiger partial charge in [-0.25, -0.2) is 4.79 Å². The summed E-state index contributed by atoms with van der Waals surface area (Å²) in [6.07, 6.45) is 4.07. The minimum atomic E-state index is -0.392. The third kappa shape index (κ3) is 4.37. The van der Waals surface area contributed by atoms with E-state index >= 15 is 0 Å². The first-order valence-electron chi connectivity index (χ1n) is 12.9. The first kappa shape index (κ1) is 23.3. The Bertz CT molecular complexity index is 1280. The Morgan fingerprint density at radius 2 is 1.46 bits per heavy atom. The fraction of sp³-hybridized carbons (Fsp3) is 0.345. The van der Waals surface area contributed by atoms with Gasteiger partial charge in [0, 0.05) is 26.2 Å². The number of nitrogens with one attached hydrogen (secondary N) is 2. The molecule has 37 heavy (non-hydrogen) atoms. The van der Waals surface area contributed by atoms with Crippen molar-refractivity contribution in [3.05, 3.63) is 83.8 Å². The van der Waals surface area contributed by atoms with Crippen LogP contribution in [0.15, 0.2) is 71.3 Å². The Labute approximate surface area is 215 Å². The number of amides is 4. The molecule has 2 saturated heterocycles. The molecule has 2 N–H and O–H groups in total. The van der Waals surface area contributed by atoms with Gasteiger partial charge in [0.2, 0.25) is 5.91 Å². The number of fused-ring (bicyclic) bond motifs is 3. The van der Waals surface area contributed by atoms with Crippen molar-refractivity contribution < 1.29 is 18.8 Å². The lowest BCUT2D eigenvalue weighted by Crippen LogP contribution is -2.48. The van der Waals surface area contributed by atoms with Crippen LogP contribution in [0.4, 0.5) is 4.79 Å². The molecule has 1 aliphatic carbocycles. The van der Waals surface area contributed by atoms with Crippen LogP contribution < -0.4 is 10.6 Å². The van der Waals surface area contributed by atoms with Crippen molar-refractivity contribution in [3.63, 3.8) is 0 Å². The first-order valence-corrected chi connectivity index (χ1v) is 12.9. The molecule has 8 nitrogen and oxygen atoms in total. The van der Waals surface area contributed by atoms with Crippen molar-refractivity contribution in [1.29, 1.82) is 0 Å². The maximum absolute atomic E-state index is 13.4. The predicted molar refractivity (Wildman–Crippen MR) is 138 cm³/mol. The van der Waals surface area contributed by atoms with E-state index in [1.54, 1.807) is 12.1 Å². The van der Waals surface area contributed by atoms with E-state index in [9.17, 15) is 14.4 Å². The number of urea groups is 1. The quantitative estimate of drug-likeness (QED) is 0.572. The molecule has 0 saturated carbocycles. The number of likely N-dealkylation sites (tertiary alicyclic amines) is 2. The minimum absolute atomic E-state index is 0.0347.